The van der Waals surface area contributed by atoms with E-state index >= 15 is 0 Å². The van der Waals surface area contributed by atoms with E-state index in [1.165, 1.54) is 4.31 Å². The van der Waals surface area contributed by atoms with Gasteiger partial charge in [0, 0.05) is 25.8 Å². The summed E-state index contributed by atoms with van der Waals surface area (Å²) in [5.74, 6) is 0. The standard InChI is InChI=1S/C13H23N3O2S/c1-5-11-6-7-12(14)10-13(11)19(17,18)16(4)9-8-15(2)3/h6-7,10H,5,8-9,14H2,1-4H3. The van der Waals surface area contributed by atoms with Gasteiger partial charge in [0.15, 0.2) is 0 Å². The van der Waals surface area contributed by atoms with Crippen LogP contribution < -0.4 is 5.73 Å². The Morgan fingerprint density at radius 2 is 1.79 bits per heavy atom. The number of nitrogen functional groups attached to an aromatic ring is 1. The number of likely N-dealkylation sites (N-methyl/N-ethyl adjacent to an activating group) is 2. The van der Waals surface area contributed by atoms with Crippen LogP contribution in [0.5, 0.6) is 0 Å². The molecule has 0 radical (unpaired) electrons. The van der Waals surface area contributed by atoms with Gasteiger partial charge >= 0.3 is 0 Å². The van der Waals surface area contributed by atoms with Crippen LogP contribution in [-0.2, 0) is 16.4 Å². The highest BCUT2D eigenvalue weighted by Crippen LogP contribution is 2.22. The number of hydrogen-bond donors (Lipinski definition) is 1. The second kappa shape index (κ2) is 6.36. The first-order chi connectivity index (χ1) is 8.78. The Labute approximate surface area is 116 Å². The Hall–Kier alpha value is -1.11. The molecule has 0 aliphatic rings. The van der Waals surface area contributed by atoms with Gasteiger partial charge in [-0.3, -0.25) is 0 Å². The maximum atomic E-state index is 12.5. The zero-order chi connectivity index (χ0) is 14.6. The molecule has 0 unspecified atom stereocenters. The Morgan fingerprint density at radius 1 is 1.16 bits per heavy atom. The van der Waals surface area contributed by atoms with Crippen LogP contribution in [0.15, 0.2) is 23.1 Å². The number of anilines is 1. The monoisotopic (exact) mass is 285 g/mol. The molecule has 6 heteroatoms. The van der Waals surface area contributed by atoms with Crippen molar-refractivity contribution in [1.82, 2.24) is 9.21 Å². The zero-order valence-electron chi connectivity index (χ0n) is 12.0. The number of aryl methyl sites for hydroxylation is 1. The second-order valence-corrected chi connectivity index (χ2v) is 6.86. The van der Waals surface area contributed by atoms with Crippen LogP contribution in [0.2, 0.25) is 0 Å². The summed E-state index contributed by atoms with van der Waals surface area (Å²) in [7, 11) is 1.96. The van der Waals surface area contributed by atoms with E-state index in [0.717, 1.165) is 5.56 Å². The number of rotatable bonds is 6. The smallest absolute Gasteiger partial charge is 0.243 e. The Kier molecular flexibility index (Phi) is 5.34. The lowest BCUT2D eigenvalue weighted by atomic mass is 10.1. The minimum Gasteiger partial charge on any atom is -0.399 e. The molecule has 108 valence electrons. The average molecular weight is 285 g/mol. The van der Waals surface area contributed by atoms with Crippen LogP contribution in [0.4, 0.5) is 5.69 Å². The first kappa shape index (κ1) is 15.9. The molecule has 0 aliphatic carbocycles. The average Bonchev–Trinajstić information content (AvgIpc) is 2.35. The largest absolute Gasteiger partial charge is 0.399 e. The highest BCUT2D eigenvalue weighted by Gasteiger charge is 2.23. The minimum atomic E-state index is -3.47. The predicted molar refractivity (Wildman–Crippen MR) is 78.6 cm³/mol. The molecule has 1 aromatic rings. The van der Waals surface area contributed by atoms with Gasteiger partial charge in [0.1, 0.15) is 0 Å². The SMILES string of the molecule is CCc1ccc(N)cc1S(=O)(=O)N(C)CCN(C)C. The summed E-state index contributed by atoms with van der Waals surface area (Å²) >= 11 is 0. The summed E-state index contributed by atoms with van der Waals surface area (Å²) in [6.45, 7) is 3.07. The molecule has 0 saturated heterocycles. The zero-order valence-corrected chi connectivity index (χ0v) is 12.9. The molecule has 0 amide bonds. The Balaban J connectivity index is 3.09. The fourth-order valence-electron chi connectivity index (χ4n) is 1.73. The molecule has 0 fully saturated rings. The second-order valence-electron chi connectivity index (χ2n) is 4.85. The molecule has 0 aliphatic heterocycles. The van der Waals surface area contributed by atoms with E-state index in [9.17, 15) is 8.42 Å². The Morgan fingerprint density at radius 3 is 2.32 bits per heavy atom. The number of benzene rings is 1. The maximum absolute atomic E-state index is 12.5. The van der Waals surface area contributed by atoms with Gasteiger partial charge in [-0.1, -0.05) is 13.0 Å². The minimum absolute atomic E-state index is 0.316. The third kappa shape index (κ3) is 3.92. The summed E-state index contributed by atoms with van der Waals surface area (Å²) in [4.78, 5) is 2.27. The van der Waals surface area contributed by atoms with Crippen LogP contribution in [0, 0.1) is 0 Å². The van der Waals surface area contributed by atoms with Crippen molar-refractivity contribution in [2.24, 2.45) is 0 Å². The number of nitrogens with zero attached hydrogens (tertiary/aromatic N) is 2. The van der Waals surface area contributed by atoms with Gasteiger partial charge < -0.3 is 10.6 Å². The molecule has 0 spiro atoms. The van der Waals surface area contributed by atoms with Crippen LogP contribution in [-0.4, -0.2) is 51.9 Å². The molecule has 0 bridgehead atoms. The molecular formula is C13H23N3O2S. The summed E-state index contributed by atoms with van der Waals surface area (Å²) in [6.07, 6.45) is 0.663. The fraction of sp³-hybridized carbons (Fsp3) is 0.538. The van der Waals surface area contributed by atoms with Crippen LogP contribution in [0.25, 0.3) is 0 Å². The van der Waals surface area contributed by atoms with Crippen molar-refractivity contribution < 1.29 is 8.42 Å². The van der Waals surface area contributed by atoms with Gasteiger partial charge in [0.25, 0.3) is 0 Å². The number of hydrogen-bond acceptors (Lipinski definition) is 4. The van der Waals surface area contributed by atoms with Gasteiger partial charge in [-0.25, -0.2) is 8.42 Å². The summed E-state index contributed by atoms with van der Waals surface area (Å²) in [6, 6.07) is 5.06. The highest BCUT2D eigenvalue weighted by atomic mass is 32.2. The maximum Gasteiger partial charge on any atom is 0.243 e. The quantitative estimate of drug-likeness (QED) is 0.792. The van der Waals surface area contributed by atoms with Crippen molar-refractivity contribution in [3.05, 3.63) is 23.8 Å². The fourth-order valence-corrected chi connectivity index (χ4v) is 3.22. The van der Waals surface area contributed by atoms with Crippen molar-refractivity contribution in [3.8, 4) is 0 Å². The van der Waals surface area contributed by atoms with E-state index in [-0.39, 0.29) is 0 Å². The van der Waals surface area contributed by atoms with Crippen molar-refractivity contribution in [2.75, 3.05) is 40.0 Å². The van der Waals surface area contributed by atoms with Crippen molar-refractivity contribution >= 4 is 15.7 Å². The summed E-state index contributed by atoms with van der Waals surface area (Å²) < 4.78 is 26.4. The molecule has 0 saturated carbocycles. The van der Waals surface area contributed by atoms with E-state index in [0.29, 0.717) is 30.1 Å². The van der Waals surface area contributed by atoms with Crippen LogP contribution in [0.1, 0.15) is 12.5 Å². The number of nitrogens with two attached hydrogens (primary N) is 1. The van der Waals surface area contributed by atoms with E-state index in [4.69, 9.17) is 5.73 Å². The molecule has 2 N–H and O–H groups in total. The molecule has 0 atom stereocenters. The van der Waals surface area contributed by atoms with Gasteiger partial charge in [-0.05, 0) is 38.2 Å². The van der Waals surface area contributed by atoms with Gasteiger partial charge in [-0.2, -0.15) is 4.31 Å². The molecule has 0 heterocycles. The van der Waals surface area contributed by atoms with Crippen LogP contribution >= 0.6 is 0 Å². The summed E-state index contributed by atoms with van der Waals surface area (Å²) in [5.41, 5.74) is 6.98. The van der Waals surface area contributed by atoms with Crippen molar-refractivity contribution in [1.29, 1.82) is 0 Å². The topological polar surface area (TPSA) is 66.6 Å². The Bertz CT molecular complexity index is 527. The normalized spacial score (nSPS) is 12.3. The lowest BCUT2D eigenvalue weighted by molar-refractivity contribution is 0.358. The third-order valence-electron chi connectivity index (χ3n) is 3.02. The van der Waals surface area contributed by atoms with E-state index < -0.39 is 10.0 Å². The molecule has 5 nitrogen and oxygen atoms in total. The van der Waals surface area contributed by atoms with Gasteiger partial charge in [-0.15, -0.1) is 0 Å². The van der Waals surface area contributed by atoms with Gasteiger partial charge in [0.05, 0.1) is 4.90 Å². The molecule has 0 aromatic heterocycles. The van der Waals surface area contributed by atoms with Crippen molar-refractivity contribution in [3.63, 3.8) is 0 Å². The van der Waals surface area contributed by atoms with E-state index in [1.807, 2.05) is 25.9 Å². The molecule has 19 heavy (non-hydrogen) atoms. The third-order valence-corrected chi connectivity index (χ3v) is 4.96. The molecule has 1 aromatic carbocycles. The highest BCUT2D eigenvalue weighted by molar-refractivity contribution is 7.89. The first-order valence-electron chi connectivity index (χ1n) is 6.28. The number of sulfonamides is 1. The van der Waals surface area contributed by atoms with E-state index in [1.54, 1.807) is 25.2 Å². The predicted octanol–water partition coefficient (Wildman–Crippen LogP) is 1.01. The summed E-state index contributed by atoms with van der Waals surface area (Å²) in [5, 5.41) is 0. The first-order valence-corrected chi connectivity index (χ1v) is 7.72. The van der Waals surface area contributed by atoms with Crippen LogP contribution in [0.3, 0.4) is 0 Å². The molecular weight excluding hydrogens is 262 g/mol. The lowest BCUT2D eigenvalue weighted by Gasteiger charge is -2.21. The van der Waals surface area contributed by atoms with E-state index in [2.05, 4.69) is 0 Å². The molecule has 1 rings (SSSR count). The van der Waals surface area contributed by atoms with Crippen molar-refractivity contribution in [2.45, 2.75) is 18.2 Å². The van der Waals surface area contributed by atoms with Gasteiger partial charge in [0.2, 0.25) is 10.0 Å². The lowest BCUT2D eigenvalue weighted by Crippen LogP contribution is -2.34.